The van der Waals surface area contributed by atoms with Gasteiger partial charge in [0.1, 0.15) is 12.3 Å². The van der Waals surface area contributed by atoms with E-state index in [0.29, 0.717) is 30.4 Å². The van der Waals surface area contributed by atoms with Crippen LogP contribution in [0.4, 0.5) is 30.2 Å². The van der Waals surface area contributed by atoms with Gasteiger partial charge < -0.3 is 25.6 Å². The van der Waals surface area contributed by atoms with Gasteiger partial charge in [-0.2, -0.15) is 13.2 Å². The van der Waals surface area contributed by atoms with E-state index in [2.05, 4.69) is 32.5 Å². The highest BCUT2D eigenvalue weighted by Crippen LogP contribution is 2.39. The Bertz CT molecular complexity index is 1110. The number of nitrogens with zero attached hydrogens (tertiary/aromatic N) is 1. The van der Waals surface area contributed by atoms with Crippen LogP contribution in [0.5, 0.6) is 5.75 Å². The van der Waals surface area contributed by atoms with Gasteiger partial charge in [0.25, 0.3) is 0 Å². The number of hydrogen-bond acceptors (Lipinski definition) is 7. The molecular formula is C29H40F3N5OS. The van der Waals surface area contributed by atoms with E-state index in [-0.39, 0.29) is 0 Å². The lowest BCUT2D eigenvalue weighted by Crippen LogP contribution is -2.39. The predicted octanol–water partition coefficient (Wildman–Crippen LogP) is 5.91. The lowest BCUT2D eigenvalue weighted by molar-refractivity contribution is -0.120. The van der Waals surface area contributed by atoms with Crippen molar-refractivity contribution in [1.82, 2.24) is 10.0 Å². The summed E-state index contributed by atoms with van der Waals surface area (Å²) in [5, 5.41) is 9.59. The molecule has 1 heterocycles. The summed E-state index contributed by atoms with van der Waals surface area (Å²) in [6.07, 6.45) is 1.99. The van der Waals surface area contributed by atoms with Crippen molar-refractivity contribution in [3.63, 3.8) is 0 Å². The summed E-state index contributed by atoms with van der Waals surface area (Å²) < 4.78 is 49.0. The molecule has 2 aliphatic rings. The third-order valence-electron chi connectivity index (χ3n) is 6.58. The molecule has 0 amide bonds. The van der Waals surface area contributed by atoms with Gasteiger partial charge in [-0.1, -0.05) is 37.2 Å². The van der Waals surface area contributed by atoms with E-state index >= 15 is 0 Å². The first-order chi connectivity index (χ1) is 18.8. The van der Waals surface area contributed by atoms with Crippen LogP contribution in [0.3, 0.4) is 0 Å². The minimum atomic E-state index is -4.31. The van der Waals surface area contributed by atoms with Crippen LogP contribution in [0, 0.1) is 11.8 Å². The minimum absolute atomic E-state index is 0.300. The highest BCUT2D eigenvalue weighted by molar-refractivity contribution is 7.97. The smallest absolute Gasteiger partial charge is 0.405 e. The average molecular weight is 564 g/mol. The van der Waals surface area contributed by atoms with Gasteiger partial charge in [0, 0.05) is 34.3 Å². The zero-order valence-corrected chi connectivity index (χ0v) is 24.0. The van der Waals surface area contributed by atoms with E-state index in [4.69, 9.17) is 4.74 Å². The summed E-state index contributed by atoms with van der Waals surface area (Å²) in [6.45, 7) is -0.715. The van der Waals surface area contributed by atoms with E-state index < -0.39 is 18.8 Å². The molecule has 1 aliphatic carbocycles. The standard InChI is InChI=1S/C27H33F3N4OS.C2H7N/c1-31-36-21-13-14-24(26(17-21)35-2)32-15-7-10-20-16-22-23(33-19-8-4-3-5-9-19)11-6-12-25(22)34(20)18-27(28,29)30;1-3-2/h6,11-14,17,19-20,31-33H,3-5,8-9,15-16,18H2,1-2H3;3H,1-2H3. The number of nitrogens with one attached hydrogen (secondary N) is 4. The zero-order valence-electron chi connectivity index (χ0n) is 23.2. The normalized spacial score (nSPS) is 16.9. The second kappa shape index (κ2) is 15.2. The quantitative estimate of drug-likeness (QED) is 0.235. The fraction of sp³-hybridized carbons (Fsp3) is 0.517. The van der Waals surface area contributed by atoms with Crippen molar-refractivity contribution in [2.24, 2.45) is 0 Å². The third kappa shape index (κ3) is 9.16. The molecule has 1 saturated carbocycles. The molecule has 10 heteroatoms. The number of halogens is 3. The molecule has 1 aliphatic heterocycles. The first kappa shape index (κ1) is 30.8. The fourth-order valence-corrected chi connectivity index (χ4v) is 5.49. The van der Waals surface area contributed by atoms with Gasteiger partial charge in [0.2, 0.25) is 0 Å². The fourth-order valence-electron chi connectivity index (χ4n) is 4.96. The van der Waals surface area contributed by atoms with Gasteiger partial charge in [-0.3, -0.25) is 4.72 Å². The Kier molecular flexibility index (Phi) is 12.0. The Hall–Kier alpha value is -2.74. The molecular weight excluding hydrogens is 523 g/mol. The van der Waals surface area contributed by atoms with E-state index in [1.165, 1.54) is 36.1 Å². The van der Waals surface area contributed by atoms with Crippen molar-refractivity contribution >= 4 is 29.0 Å². The summed E-state index contributed by atoms with van der Waals surface area (Å²) in [6, 6.07) is 11.2. The molecule has 6 nitrogen and oxygen atoms in total. The third-order valence-corrected chi connectivity index (χ3v) is 7.27. The molecule has 39 heavy (non-hydrogen) atoms. The number of alkyl halides is 3. The van der Waals surface area contributed by atoms with Gasteiger partial charge in [0.15, 0.2) is 0 Å². The molecule has 2 aromatic carbocycles. The van der Waals surface area contributed by atoms with Crippen molar-refractivity contribution in [1.29, 1.82) is 0 Å². The molecule has 0 spiro atoms. The van der Waals surface area contributed by atoms with Gasteiger partial charge >= 0.3 is 6.18 Å². The monoisotopic (exact) mass is 563 g/mol. The van der Waals surface area contributed by atoms with Crippen LogP contribution >= 0.6 is 11.9 Å². The van der Waals surface area contributed by atoms with Crippen molar-refractivity contribution in [2.75, 3.05) is 56.9 Å². The van der Waals surface area contributed by atoms with Gasteiger partial charge in [-0.05, 0) is 76.3 Å². The lowest BCUT2D eigenvalue weighted by atomic mass is 9.95. The molecule has 214 valence electrons. The summed E-state index contributed by atoms with van der Waals surface area (Å²) in [5.41, 5.74) is 3.28. The van der Waals surface area contributed by atoms with E-state index in [0.717, 1.165) is 34.7 Å². The molecule has 4 rings (SSSR count). The SMILES string of the molecule is CNC.CNSc1ccc(NCC#CC2Cc3c(NC4CCCCC4)cccc3N2CC(F)(F)F)c(OC)c1. The number of fused-ring (bicyclic) bond motifs is 1. The van der Waals surface area contributed by atoms with Crippen molar-refractivity contribution in [3.05, 3.63) is 42.0 Å². The first-order valence-electron chi connectivity index (χ1n) is 13.3. The summed E-state index contributed by atoms with van der Waals surface area (Å²) in [4.78, 5) is 2.41. The highest BCUT2D eigenvalue weighted by atomic mass is 32.2. The van der Waals surface area contributed by atoms with Gasteiger partial charge in [0.05, 0.1) is 25.4 Å². The maximum atomic E-state index is 13.5. The Morgan fingerprint density at radius 1 is 1.05 bits per heavy atom. The van der Waals surface area contributed by atoms with Gasteiger partial charge in [-0.25, -0.2) is 0 Å². The predicted molar refractivity (Wildman–Crippen MR) is 157 cm³/mol. The van der Waals surface area contributed by atoms with Crippen molar-refractivity contribution < 1.29 is 17.9 Å². The van der Waals surface area contributed by atoms with Crippen LogP contribution in [0.2, 0.25) is 0 Å². The van der Waals surface area contributed by atoms with E-state index in [1.807, 2.05) is 51.5 Å². The maximum absolute atomic E-state index is 13.5. The van der Waals surface area contributed by atoms with Crippen LogP contribution in [0.25, 0.3) is 0 Å². The average Bonchev–Trinajstić information content (AvgIpc) is 3.25. The number of anilines is 3. The molecule has 0 bridgehead atoms. The van der Waals surface area contributed by atoms with Crippen LogP contribution in [0.1, 0.15) is 37.7 Å². The number of methoxy groups -OCH3 is 1. The van der Waals surface area contributed by atoms with E-state index in [9.17, 15) is 13.2 Å². The Balaban J connectivity index is 0.00000134. The second-order valence-electron chi connectivity index (χ2n) is 9.59. The maximum Gasteiger partial charge on any atom is 0.405 e. The topological polar surface area (TPSA) is 60.6 Å². The first-order valence-corrected chi connectivity index (χ1v) is 14.2. The number of ether oxygens (including phenoxy) is 1. The Morgan fingerprint density at radius 2 is 1.79 bits per heavy atom. The van der Waals surface area contributed by atoms with Crippen molar-refractivity contribution in [3.8, 4) is 17.6 Å². The van der Waals surface area contributed by atoms with Crippen LogP contribution in [0.15, 0.2) is 41.3 Å². The zero-order chi connectivity index (χ0) is 28.3. The molecule has 2 aromatic rings. The molecule has 4 N–H and O–H groups in total. The molecule has 0 radical (unpaired) electrons. The summed E-state index contributed by atoms with van der Waals surface area (Å²) in [7, 11) is 7.20. The number of benzene rings is 2. The van der Waals surface area contributed by atoms with Gasteiger partial charge in [-0.15, -0.1) is 0 Å². The number of hydrogen-bond donors (Lipinski definition) is 4. The second-order valence-corrected chi connectivity index (χ2v) is 10.7. The minimum Gasteiger partial charge on any atom is -0.495 e. The van der Waals surface area contributed by atoms with Crippen LogP contribution in [-0.4, -0.2) is 59.6 Å². The molecule has 1 fully saturated rings. The van der Waals surface area contributed by atoms with Crippen LogP contribution in [-0.2, 0) is 6.42 Å². The largest absolute Gasteiger partial charge is 0.495 e. The summed E-state index contributed by atoms with van der Waals surface area (Å²) >= 11 is 1.48. The lowest BCUT2D eigenvalue weighted by Gasteiger charge is -2.26. The van der Waals surface area contributed by atoms with Crippen molar-refractivity contribution in [2.45, 2.75) is 61.7 Å². The van der Waals surface area contributed by atoms with E-state index in [1.54, 1.807) is 13.2 Å². The van der Waals surface area contributed by atoms with Crippen LogP contribution < -0.4 is 30.3 Å². The molecule has 0 aromatic heterocycles. The summed E-state index contributed by atoms with van der Waals surface area (Å²) in [5.74, 6) is 6.84. The molecule has 1 atom stereocenters. The number of rotatable bonds is 8. The Labute approximate surface area is 235 Å². The molecule has 1 unspecified atom stereocenters. The Morgan fingerprint density at radius 3 is 2.46 bits per heavy atom. The molecule has 0 saturated heterocycles. The highest BCUT2D eigenvalue weighted by Gasteiger charge is 2.38.